The number of carbonyl (C=O) groups is 1. The minimum absolute atomic E-state index is 0.106. The number of esters is 1. The summed E-state index contributed by atoms with van der Waals surface area (Å²) in [5, 5.41) is 21.8. The van der Waals surface area contributed by atoms with Crippen LogP contribution in [0.25, 0.3) is 10.9 Å². The molecule has 174 valence electrons. The van der Waals surface area contributed by atoms with Gasteiger partial charge in [-0.1, -0.05) is 11.8 Å². The minimum atomic E-state index is -0.436. The third-order valence-corrected chi connectivity index (χ3v) is 6.95. The number of phenols is 1. The normalized spacial score (nSPS) is 11.2. The highest BCUT2D eigenvalue weighted by Gasteiger charge is 2.27. The number of thioether (sulfide) groups is 1. The van der Waals surface area contributed by atoms with Gasteiger partial charge in [0.25, 0.3) is 0 Å². The van der Waals surface area contributed by atoms with Crippen molar-refractivity contribution in [3.05, 3.63) is 50.2 Å². The molecule has 0 unspecified atom stereocenters. The molecule has 0 atom stereocenters. The fourth-order valence-corrected chi connectivity index (χ4v) is 5.55. The van der Waals surface area contributed by atoms with Crippen molar-refractivity contribution in [3.63, 3.8) is 0 Å². The zero-order valence-electron chi connectivity index (χ0n) is 19.6. The molecular formula is C24H27BrN4O3S. The number of aromatic nitrogens is 2. The van der Waals surface area contributed by atoms with Crippen LogP contribution < -0.4 is 0 Å². The summed E-state index contributed by atoms with van der Waals surface area (Å²) in [6.45, 7) is 6.25. The number of fused-ring (bicyclic) bond motifs is 1. The van der Waals surface area contributed by atoms with Gasteiger partial charge in [0.05, 0.1) is 27.7 Å². The number of rotatable bonds is 7. The van der Waals surface area contributed by atoms with Gasteiger partial charge < -0.3 is 19.3 Å². The van der Waals surface area contributed by atoms with Gasteiger partial charge in [-0.2, -0.15) is 5.26 Å². The largest absolute Gasteiger partial charge is 0.506 e. The lowest BCUT2D eigenvalue weighted by Gasteiger charge is -2.15. The lowest BCUT2D eigenvalue weighted by Crippen LogP contribution is -2.13. The van der Waals surface area contributed by atoms with Crippen LogP contribution in [0.5, 0.6) is 5.75 Å². The number of phenolic OH excluding ortho intramolecular Hbond substituents is 1. The Bertz CT molecular complexity index is 1280. The van der Waals surface area contributed by atoms with E-state index >= 15 is 0 Å². The number of hydrogen-bond acceptors (Lipinski definition) is 7. The van der Waals surface area contributed by atoms with Gasteiger partial charge in [-0.15, -0.1) is 0 Å². The Morgan fingerprint density at radius 1 is 1.36 bits per heavy atom. The molecule has 1 N–H and O–H groups in total. The molecule has 0 radical (unpaired) electrons. The molecule has 0 aliphatic heterocycles. The quantitative estimate of drug-likeness (QED) is 0.337. The molecule has 3 rings (SSSR count). The van der Waals surface area contributed by atoms with Gasteiger partial charge >= 0.3 is 5.97 Å². The van der Waals surface area contributed by atoms with E-state index in [1.165, 1.54) is 11.8 Å². The van der Waals surface area contributed by atoms with Crippen LogP contribution in [0.15, 0.2) is 21.6 Å². The van der Waals surface area contributed by atoms with Crippen molar-refractivity contribution in [1.82, 2.24) is 14.5 Å². The number of aromatic hydroxyl groups is 1. The number of halogens is 1. The maximum atomic E-state index is 13.1. The summed E-state index contributed by atoms with van der Waals surface area (Å²) in [4.78, 5) is 19.7. The number of pyridine rings is 1. The zero-order valence-corrected chi connectivity index (χ0v) is 22.0. The number of aryl methyl sites for hydroxylation is 3. The van der Waals surface area contributed by atoms with Crippen LogP contribution in [-0.2, 0) is 24.1 Å². The van der Waals surface area contributed by atoms with Crippen molar-refractivity contribution in [2.24, 2.45) is 7.05 Å². The second-order valence-electron chi connectivity index (χ2n) is 8.08. The third-order valence-electron chi connectivity index (χ3n) is 5.36. The molecule has 0 spiro atoms. The van der Waals surface area contributed by atoms with Gasteiger partial charge in [0.2, 0.25) is 0 Å². The Labute approximate surface area is 206 Å². The van der Waals surface area contributed by atoms with E-state index in [2.05, 4.69) is 27.0 Å². The molecular weight excluding hydrogens is 504 g/mol. The molecule has 0 aliphatic rings. The van der Waals surface area contributed by atoms with E-state index in [0.717, 1.165) is 22.5 Å². The lowest BCUT2D eigenvalue weighted by atomic mass is 10.0. The van der Waals surface area contributed by atoms with Gasteiger partial charge in [-0.25, -0.2) is 9.78 Å². The predicted molar refractivity (Wildman–Crippen MR) is 134 cm³/mol. The number of nitriles is 1. The first kappa shape index (κ1) is 25.1. The Morgan fingerprint density at radius 2 is 2.06 bits per heavy atom. The number of nitrogens with zero attached hydrogens (tertiary/aromatic N) is 4. The highest BCUT2D eigenvalue weighted by Crippen LogP contribution is 2.41. The molecule has 0 saturated heterocycles. The summed E-state index contributed by atoms with van der Waals surface area (Å²) in [6.07, 6.45) is 0. The minimum Gasteiger partial charge on any atom is -0.506 e. The number of ether oxygens (including phenoxy) is 1. The summed E-state index contributed by atoms with van der Waals surface area (Å²) < 4.78 is 7.93. The van der Waals surface area contributed by atoms with E-state index in [1.54, 1.807) is 6.92 Å². The fourth-order valence-electron chi connectivity index (χ4n) is 3.92. The first-order valence-corrected chi connectivity index (χ1v) is 12.2. The number of carbonyl (C=O) groups excluding carboxylic acids is 1. The van der Waals surface area contributed by atoms with E-state index in [-0.39, 0.29) is 12.4 Å². The topological polar surface area (TPSA) is 91.4 Å². The molecule has 33 heavy (non-hydrogen) atoms. The molecule has 2 heterocycles. The number of benzene rings is 1. The van der Waals surface area contributed by atoms with Gasteiger partial charge in [0.15, 0.2) is 0 Å². The van der Waals surface area contributed by atoms with E-state index in [9.17, 15) is 15.2 Å². The first-order valence-electron chi connectivity index (χ1n) is 10.4. The molecule has 1 aromatic carbocycles. The summed E-state index contributed by atoms with van der Waals surface area (Å²) in [5.74, 6) is 0.0764. The third kappa shape index (κ3) is 4.88. The van der Waals surface area contributed by atoms with Crippen molar-refractivity contribution < 1.29 is 14.6 Å². The van der Waals surface area contributed by atoms with Crippen molar-refractivity contribution in [2.45, 2.75) is 38.1 Å². The van der Waals surface area contributed by atoms with E-state index in [4.69, 9.17) is 4.74 Å². The maximum absolute atomic E-state index is 13.1. The van der Waals surface area contributed by atoms with E-state index in [0.29, 0.717) is 43.9 Å². The monoisotopic (exact) mass is 530 g/mol. The SMILES string of the molecule is CCOC(=O)c1c(CSc2nc(C)cc(C)c2C#N)n(C)c2cc(Br)c(O)c(CN(C)C)c12. The Balaban J connectivity index is 2.24. The first-order chi connectivity index (χ1) is 15.6. The van der Waals surface area contributed by atoms with Crippen molar-refractivity contribution in [2.75, 3.05) is 20.7 Å². The van der Waals surface area contributed by atoms with Gasteiger partial charge in [0, 0.05) is 41.7 Å². The van der Waals surface area contributed by atoms with Crippen LogP contribution in [0.4, 0.5) is 0 Å². The zero-order chi connectivity index (χ0) is 24.4. The number of hydrogen-bond donors (Lipinski definition) is 1. The average Bonchev–Trinajstić information content (AvgIpc) is 3.01. The molecule has 7 nitrogen and oxygen atoms in total. The lowest BCUT2D eigenvalue weighted by molar-refractivity contribution is 0.0527. The summed E-state index contributed by atoms with van der Waals surface area (Å²) in [6, 6.07) is 5.95. The Hall–Kier alpha value is -2.54. The molecule has 0 amide bonds. The predicted octanol–water partition coefficient (Wildman–Crippen LogP) is 5.06. The highest BCUT2D eigenvalue weighted by molar-refractivity contribution is 9.10. The molecule has 0 fully saturated rings. The van der Waals surface area contributed by atoms with E-state index < -0.39 is 5.97 Å². The smallest absolute Gasteiger partial charge is 0.340 e. The van der Waals surface area contributed by atoms with Gasteiger partial charge in [0.1, 0.15) is 16.8 Å². The molecule has 0 bridgehead atoms. The molecule has 2 aromatic heterocycles. The van der Waals surface area contributed by atoms with Crippen LogP contribution in [0.3, 0.4) is 0 Å². The van der Waals surface area contributed by atoms with Crippen LogP contribution in [-0.4, -0.2) is 46.2 Å². The van der Waals surface area contributed by atoms with Crippen molar-refractivity contribution >= 4 is 44.6 Å². The molecule has 0 aliphatic carbocycles. The van der Waals surface area contributed by atoms with Crippen molar-refractivity contribution in [1.29, 1.82) is 5.26 Å². The highest BCUT2D eigenvalue weighted by atomic mass is 79.9. The van der Waals surface area contributed by atoms with Crippen LogP contribution in [0.2, 0.25) is 0 Å². The molecule has 0 saturated carbocycles. The van der Waals surface area contributed by atoms with Crippen LogP contribution in [0, 0.1) is 25.2 Å². The molecule has 3 aromatic rings. The second kappa shape index (κ2) is 10.2. The average molecular weight is 531 g/mol. The summed E-state index contributed by atoms with van der Waals surface area (Å²) >= 11 is 4.87. The van der Waals surface area contributed by atoms with E-state index in [1.807, 2.05) is 56.6 Å². The summed E-state index contributed by atoms with van der Waals surface area (Å²) in [7, 11) is 5.71. The van der Waals surface area contributed by atoms with Crippen LogP contribution in [0.1, 0.15) is 45.4 Å². The van der Waals surface area contributed by atoms with Crippen molar-refractivity contribution in [3.8, 4) is 11.8 Å². The van der Waals surface area contributed by atoms with Gasteiger partial charge in [-0.3, -0.25) is 0 Å². The Kier molecular flexibility index (Phi) is 7.73. The maximum Gasteiger partial charge on any atom is 0.340 e. The summed E-state index contributed by atoms with van der Waals surface area (Å²) in [5.41, 5.74) is 4.89. The standard InChI is InChI=1S/C24H27BrN4O3S/c1-7-32-24(31)21-19(12-33-23-15(10-26)13(2)8-14(3)27-23)29(6)18-9-17(25)22(30)16(20(18)21)11-28(4)5/h8-9,30H,7,11-12H2,1-6H3. The Morgan fingerprint density at radius 3 is 2.67 bits per heavy atom. The van der Waals surface area contributed by atoms with Crippen LogP contribution >= 0.6 is 27.7 Å². The van der Waals surface area contributed by atoms with Gasteiger partial charge in [-0.05, 0) is 68.5 Å². The molecule has 9 heteroatoms. The second-order valence-corrected chi connectivity index (χ2v) is 9.90. The fraction of sp³-hybridized carbons (Fsp3) is 0.375.